The predicted molar refractivity (Wildman–Crippen MR) is 70.5 cm³/mol. The molecule has 2 rings (SSSR count). The molecular weight excluding hydrogens is 213 g/mol. The van der Waals surface area contributed by atoms with Gasteiger partial charge in [-0.2, -0.15) is 0 Å². The Morgan fingerprint density at radius 1 is 1.47 bits per heavy atom. The highest BCUT2D eigenvalue weighted by Gasteiger charge is 2.32. The molecule has 0 aliphatic heterocycles. The summed E-state index contributed by atoms with van der Waals surface area (Å²) in [6.07, 6.45) is 11.0. The van der Waals surface area contributed by atoms with E-state index in [1.807, 2.05) is 6.92 Å². The molecule has 0 saturated heterocycles. The molecule has 0 spiro atoms. The lowest BCUT2D eigenvalue weighted by molar-refractivity contribution is 0.256. The van der Waals surface area contributed by atoms with Crippen molar-refractivity contribution < 1.29 is 4.39 Å². The highest BCUT2D eigenvalue weighted by atomic mass is 19.1. The average molecular weight is 237 g/mol. The third-order valence-corrected chi connectivity index (χ3v) is 3.77. The molecule has 3 atom stereocenters. The van der Waals surface area contributed by atoms with Gasteiger partial charge in [-0.25, -0.2) is 4.39 Å². The molecule has 3 unspecified atom stereocenters. The van der Waals surface area contributed by atoms with E-state index in [9.17, 15) is 4.39 Å². The molecule has 0 radical (unpaired) electrons. The molecule has 0 aromatic rings. The van der Waals surface area contributed by atoms with Gasteiger partial charge in [0.15, 0.2) is 0 Å². The Hall–Kier alpha value is -0.790. The lowest BCUT2D eigenvalue weighted by Crippen LogP contribution is -2.31. The molecule has 17 heavy (non-hydrogen) atoms. The van der Waals surface area contributed by atoms with Gasteiger partial charge in [-0.3, -0.25) is 0 Å². The highest BCUT2D eigenvalue weighted by molar-refractivity contribution is 5.18. The van der Waals surface area contributed by atoms with Crippen molar-refractivity contribution in [3.05, 3.63) is 23.9 Å². The number of allylic oxidation sites excluding steroid dienone is 4. The standard InChI is InChI=1S/C15H24FN/c1-3-5-11-9-14(16)15(17-13-7-8-13)10-12(11)6-4-2/h3,5,10-14,17H,4,6-9H2,1-2H3/b5-3-. The van der Waals surface area contributed by atoms with Crippen molar-refractivity contribution in [2.45, 2.75) is 58.2 Å². The normalized spacial score (nSPS) is 33.8. The summed E-state index contributed by atoms with van der Waals surface area (Å²) >= 11 is 0. The summed E-state index contributed by atoms with van der Waals surface area (Å²) in [5.74, 6) is 0.907. The topological polar surface area (TPSA) is 12.0 Å². The number of rotatable bonds is 5. The maximum absolute atomic E-state index is 14.1. The maximum Gasteiger partial charge on any atom is 0.140 e. The Morgan fingerprint density at radius 3 is 2.82 bits per heavy atom. The number of alkyl halides is 1. The van der Waals surface area contributed by atoms with Crippen molar-refractivity contribution in [3.63, 3.8) is 0 Å². The van der Waals surface area contributed by atoms with Crippen molar-refractivity contribution in [2.24, 2.45) is 11.8 Å². The third-order valence-electron chi connectivity index (χ3n) is 3.77. The second-order valence-electron chi connectivity index (χ2n) is 5.39. The van der Waals surface area contributed by atoms with Crippen LogP contribution in [0, 0.1) is 11.8 Å². The summed E-state index contributed by atoms with van der Waals surface area (Å²) < 4.78 is 14.1. The van der Waals surface area contributed by atoms with E-state index in [2.05, 4.69) is 30.5 Å². The fraction of sp³-hybridized carbons (Fsp3) is 0.733. The lowest BCUT2D eigenvalue weighted by atomic mass is 9.79. The molecule has 1 N–H and O–H groups in total. The monoisotopic (exact) mass is 237 g/mol. The van der Waals surface area contributed by atoms with E-state index in [4.69, 9.17) is 0 Å². The SMILES string of the molecule is C/C=C\C1CC(F)C(NC2CC2)=CC1CCC. The summed E-state index contributed by atoms with van der Waals surface area (Å²) in [7, 11) is 0. The van der Waals surface area contributed by atoms with Gasteiger partial charge < -0.3 is 5.32 Å². The van der Waals surface area contributed by atoms with E-state index in [-0.39, 0.29) is 0 Å². The average Bonchev–Trinajstić information content (AvgIpc) is 3.09. The largest absolute Gasteiger partial charge is 0.383 e. The van der Waals surface area contributed by atoms with Crippen LogP contribution in [0.4, 0.5) is 4.39 Å². The Labute approximate surface area is 104 Å². The fourth-order valence-corrected chi connectivity index (χ4v) is 2.70. The van der Waals surface area contributed by atoms with Crippen LogP contribution in [-0.4, -0.2) is 12.2 Å². The lowest BCUT2D eigenvalue weighted by Gasteiger charge is -2.31. The molecular formula is C15H24FN. The van der Waals surface area contributed by atoms with Gasteiger partial charge in [0.05, 0.1) is 0 Å². The van der Waals surface area contributed by atoms with E-state index in [1.165, 1.54) is 19.3 Å². The maximum atomic E-state index is 14.1. The van der Waals surface area contributed by atoms with Crippen LogP contribution in [0.1, 0.15) is 46.0 Å². The number of hydrogen-bond acceptors (Lipinski definition) is 1. The molecule has 1 saturated carbocycles. The Balaban J connectivity index is 2.06. The third kappa shape index (κ3) is 3.34. The number of nitrogens with one attached hydrogen (secondary N) is 1. The number of hydrogen-bond donors (Lipinski definition) is 1. The smallest absolute Gasteiger partial charge is 0.140 e. The zero-order valence-electron chi connectivity index (χ0n) is 11.0. The van der Waals surface area contributed by atoms with Gasteiger partial charge in [-0.1, -0.05) is 31.6 Å². The molecule has 1 fully saturated rings. The molecule has 2 aliphatic rings. The highest BCUT2D eigenvalue weighted by Crippen LogP contribution is 2.35. The van der Waals surface area contributed by atoms with Crippen molar-refractivity contribution >= 4 is 0 Å². The van der Waals surface area contributed by atoms with Crippen LogP contribution in [-0.2, 0) is 0 Å². The van der Waals surface area contributed by atoms with Crippen molar-refractivity contribution in [1.82, 2.24) is 5.32 Å². The van der Waals surface area contributed by atoms with Gasteiger partial charge in [0.1, 0.15) is 6.17 Å². The minimum Gasteiger partial charge on any atom is -0.383 e. The van der Waals surface area contributed by atoms with Gasteiger partial charge in [-0.05, 0) is 44.4 Å². The van der Waals surface area contributed by atoms with Crippen LogP contribution < -0.4 is 5.32 Å². The predicted octanol–water partition coefficient (Wildman–Crippen LogP) is 3.97. The van der Waals surface area contributed by atoms with E-state index < -0.39 is 6.17 Å². The first-order valence-electron chi connectivity index (χ1n) is 6.99. The van der Waals surface area contributed by atoms with Crippen molar-refractivity contribution in [1.29, 1.82) is 0 Å². The first kappa shape index (κ1) is 12.7. The van der Waals surface area contributed by atoms with E-state index in [0.717, 1.165) is 12.1 Å². The Morgan fingerprint density at radius 2 is 2.24 bits per heavy atom. The molecule has 0 amide bonds. The van der Waals surface area contributed by atoms with Crippen LogP contribution in [0.25, 0.3) is 0 Å². The van der Waals surface area contributed by atoms with Crippen LogP contribution in [0.2, 0.25) is 0 Å². The first-order chi connectivity index (χ1) is 8.24. The van der Waals surface area contributed by atoms with Gasteiger partial charge in [0.25, 0.3) is 0 Å². The second-order valence-corrected chi connectivity index (χ2v) is 5.39. The van der Waals surface area contributed by atoms with E-state index >= 15 is 0 Å². The Bertz CT molecular complexity index is 304. The van der Waals surface area contributed by atoms with Crippen LogP contribution in [0.5, 0.6) is 0 Å². The summed E-state index contributed by atoms with van der Waals surface area (Å²) in [6.45, 7) is 4.23. The van der Waals surface area contributed by atoms with Gasteiger partial charge in [-0.15, -0.1) is 0 Å². The molecule has 0 aromatic carbocycles. The minimum atomic E-state index is -0.787. The zero-order valence-corrected chi connectivity index (χ0v) is 11.0. The summed E-state index contributed by atoms with van der Waals surface area (Å²) in [4.78, 5) is 0. The summed E-state index contributed by atoms with van der Waals surface area (Å²) in [5, 5.41) is 3.36. The minimum absolute atomic E-state index is 0.389. The fourth-order valence-electron chi connectivity index (χ4n) is 2.70. The van der Waals surface area contributed by atoms with Crippen molar-refractivity contribution in [2.75, 3.05) is 0 Å². The molecule has 2 aliphatic carbocycles. The van der Waals surface area contributed by atoms with Crippen LogP contribution in [0.3, 0.4) is 0 Å². The van der Waals surface area contributed by atoms with E-state index in [1.54, 1.807) is 0 Å². The van der Waals surface area contributed by atoms with Gasteiger partial charge >= 0.3 is 0 Å². The quantitative estimate of drug-likeness (QED) is 0.713. The Kier molecular flexibility index (Phi) is 4.25. The molecule has 0 bridgehead atoms. The van der Waals surface area contributed by atoms with Gasteiger partial charge in [0, 0.05) is 11.7 Å². The molecule has 1 nitrogen and oxygen atoms in total. The second kappa shape index (κ2) is 5.70. The van der Waals surface area contributed by atoms with Crippen LogP contribution >= 0.6 is 0 Å². The molecule has 96 valence electrons. The van der Waals surface area contributed by atoms with Crippen LogP contribution in [0.15, 0.2) is 23.9 Å². The molecule has 0 heterocycles. The summed E-state index contributed by atoms with van der Waals surface area (Å²) in [5.41, 5.74) is 0.867. The first-order valence-corrected chi connectivity index (χ1v) is 6.99. The molecule has 0 aromatic heterocycles. The van der Waals surface area contributed by atoms with E-state index in [0.29, 0.717) is 24.3 Å². The number of halogens is 1. The van der Waals surface area contributed by atoms with Gasteiger partial charge in [0.2, 0.25) is 0 Å². The molecule has 2 heteroatoms. The van der Waals surface area contributed by atoms with Crippen molar-refractivity contribution in [3.8, 4) is 0 Å². The summed E-state index contributed by atoms with van der Waals surface area (Å²) in [6, 6.07) is 0.556. The zero-order chi connectivity index (χ0) is 12.3.